The number of aliphatic hydroxyl groups excluding tert-OH is 2. The Kier molecular flexibility index (Phi) is 3.83. The van der Waals surface area contributed by atoms with Crippen molar-refractivity contribution in [1.82, 2.24) is 0 Å². The number of hydrogen-bond acceptors (Lipinski definition) is 5. The molecule has 5 nitrogen and oxygen atoms in total. The van der Waals surface area contributed by atoms with Crippen LogP contribution in [0.1, 0.15) is 46.0 Å². The number of aliphatic hydroxyl groups is 2. The van der Waals surface area contributed by atoms with Gasteiger partial charge in [0.25, 0.3) is 6.47 Å². The van der Waals surface area contributed by atoms with Gasteiger partial charge in [-0.25, -0.2) is 0 Å². The number of fused-ring (bicyclic) bond motifs is 5. The van der Waals surface area contributed by atoms with Gasteiger partial charge in [0.2, 0.25) is 0 Å². The smallest absolute Gasteiger partial charge is 0.293 e. The van der Waals surface area contributed by atoms with Crippen molar-refractivity contribution in [3.63, 3.8) is 0 Å². The SMILES string of the molecule is C[C@]12CO[C@H](O)CC1=C[C@H](O)C1C2CC[C@@]2(C)C1CC[C@@H]2OC=O. The minimum absolute atomic E-state index is 0.0317. The predicted molar refractivity (Wildman–Crippen MR) is 86.8 cm³/mol. The standard InChI is InChI=1S/C19H28O5/c1-18-6-5-13-17(12(18)3-4-15(18)24-10-20)14(21)7-11-8-16(22)23-9-19(11,13)2/h7,10,12-17,21-22H,3-6,8-9H2,1-2H3/t12?,13?,14-,15-,16-,17?,18-,19-/m0/s1. The summed E-state index contributed by atoms with van der Waals surface area (Å²) in [6.45, 7) is 5.55. The topological polar surface area (TPSA) is 76.0 Å². The molecule has 2 saturated carbocycles. The molecule has 4 rings (SSSR count). The molecule has 24 heavy (non-hydrogen) atoms. The van der Waals surface area contributed by atoms with Gasteiger partial charge in [0.15, 0.2) is 6.29 Å². The van der Waals surface area contributed by atoms with E-state index in [4.69, 9.17) is 9.47 Å². The first-order chi connectivity index (χ1) is 11.4. The van der Waals surface area contributed by atoms with Crippen molar-refractivity contribution in [3.05, 3.63) is 11.6 Å². The van der Waals surface area contributed by atoms with Gasteiger partial charge in [-0.1, -0.05) is 25.5 Å². The van der Waals surface area contributed by atoms with Crippen molar-refractivity contribution in [2.24, 2.45) is 28.6 Å². The monoisotopic (exact) mass is 336 g/mol. The Morgan fingerprint density at radius 3 is 2.79 bits per heavy atom. The highest BCUT2D eigenvalue weighted by Gasteiger charge is 2.61. The second-order valence-corrected chi connectivity index (χ2v) is 8.70. The number of hydrogen-bond donors (Lipinski definition) is 2. The van der Waals surface area contributed by atoms with Crippen molar-refractivity contribution in [1.29, 1.82) is 0 Å². The van der Waals surface area contributed by atoms with Crippen molar-refractivity contribution < 1.29 is 24.5 Å². The van der Waals surface area contributed by atoms with Crippen LogP contribution in [-0.4, -0.2) is 41.8 Å². The molecular weight excluding hydrogens is 308 g/mol. The third kappa shape index (κ3) is 2.14. The second kappa shape index (κ2) is 5.55. The number of ether oxygens (including phenoxy) is 2. The van der Waals surface area contributed by atoms with E-state index in [9.17, 15) is 15.0 Å². The molecule has 3 aliphatic carbocycles. The van der Waals surface area contributed by atoms with E-state index >= 15 is 0 Å². The first kappa shape index (κ1) is 16.6. The molecule has 0 spiro atoms. The average molecular weight is 336 g/mol. The van der Waals surface area contributed by atoms with Crippen molar-refractivity contribution in [2.75, 3.05) is 6.61 Å². The summed E-state index contributed by atoms with van der Waals surface area (Å²) < 4.78 is 11.0. The highest BCUT2D eigenvalue weighted by molar-refractivity contribution is 5.38. The second-order valence-electron chi connectivity index (χ2n) is 8.70. The Morgan fingerprint density at radius 1 is 1.25 bits per heavy atom. The molecule has 3 fully saturated rings. The first-order valence-electron chi connectivity index (χ1n) is 9.18. The molecule has 5 heteroatoms. The van der Waals surface area contributed by atoms with Gasteiger partial charge < -0.3 is 19.7 Å². The fourth-order valence-corrected chi connectivity index (χ4v) is 6.42. The summed E-state index contributed by atoms with van der Waals surface area (Å²) in [6.07, 6.45) is 5.10. The molecule has 0 aromatic heterocycles. The molecule has 1 saturated heterocycles. The molecule has 2 N–H and O–H groups in total. The Hall–Kier alpha value is -0.910. The maximum absolute atomic E-state index is 10.9. The zero-order valence-electron chi connectivity index (χ0n) is 14.5. The van der Waals surface area contributed by atoms with Crippen LogP contribution >= 0.6 is 0 Å². The van der Waals surface area contributed by atoms with Gasteiger partial charge in [0.05, 0.1) is 12.7 Å². The fraction of sp³-hybridized carbons (Fsp3) is 0.842. The summed E-state index contributed by atoms with van der Waals surface area (Å²) >= 11 is 0. The molecule has 1 heterocycles. The molecule has 8 atom stereocenters. The lowest BCUT2D eigenvalue weighted by atomic mass is 9.49. The third-order valence-electron chi connectivity index (χ3n) is 7.75. The quantitative estimate of drug-likeness (QED) is 0.596. The van der Waals surface area contributed by atoms with Crippen LogP contribution in [0.15, 0.2) is 11.6 Å². The maximum atomic E-state index is 10.9. The van der Waals surface area contributed by atoms with Crippen molar-refractivity contribution >= 4 is 6.47 Å². The third-order valence-corrected chi connectivity index (χ3v) is 7.75. The molecule has 1 aliphatic heterocycles. The summed E-state index contributed by atoms with van der Waals surface area (Å²) in [4.78, 5) is 10.9. The minimum Gasteiger partial charge on any atom is -0.464 e. The summed E-state index contributed by atoms with van der Waals surface area (Å²) in [5, 5.41) is 20.7. The first-order valence-corrected chi connectivity index (χ1v) is 9.18. The van der Waals surface area contributed by atoms with Gasteiger partial charge in [0, 0.05) is 17.3 Å². The zero-order valence-corrected chi connectivity index (χ0v) is 14.5. The Morgan fingerprint density at radius 2 is 2.04 bits per heavy atom. The van der Waals surface area contributed by atoms with Crippen LogP contribution in [-0.2, 0) is 14.3 Å². The molecule has 4 aliphatic rings. The highest BCUT2D eigenvalue weighted by atomic mass is 16.6. The zero-order chi connectivity index (χ0) is 17.1. The molecule has 0 amide bonds. The van der Waals surface area contributed by atoms with Crippen LogP contribution < -0.4 is 0 Å². The van der Waals surface area contributed by atoms with Crippen LogP contribution in [0.4, 0.5) is 0 Å². The molecular formula is C19H28O5. The van der Waals surface area contributed by atoms with Crippen LogP contribution in [0.25, 0.3) is 0 Å². The van der Waals surface area contributed by atoms with Gasteiger partial charge in [-0.3, -0.25) is 4.79 Å². The van der Waals surface area contributed by atoms with Crippen LogP contribution in [0, 0.1) is 28.6 Å². The van der Waals surface area contributed by atoms with E-state index in [1.165, 1.54) is 0 Å². The Labute approximate surface area is 143 Å². The molecule has 0 radical (unpaired) electrons. The Bertz CT molecular complexity index is 560. The van der Waals surface area contributed by atoms with Gasteiger partial charge in [-0.05, 0) is 43.4 Å². The van der Waals surface area contributed by atoms with Crippen LogP contribution in [0.3, 0.4) is 0 Å². The molecule has 3 unspecified atom stereocenters. The van der Waals surface area contributed by atoms with E-state index in [0.717, 1.165) is 31.3 Å². The van der Waals surface area contributed by atoms with Gasteiger partial charge in [0.1, 0.15) is 6.10 Å². The average Bonchev–Trinajstić information content (AvgIpc) is 2.87. The summed E-state index contributed by atoms with van der Waals surface area (Å²) in [5.74, 6) is 0.891. The summed E-state index contributed by atoms with van der Waals surface area (Å²) in [7, 11) is 0. The summed E-state index contributed by atoms with van der Waals surface area (Å²) in [6, 6.07) is 0. The van der Waals surface area contributed by atoms with Gasteiger partial charge in [-0.2, -0.15) is 0 Å². The van der Waals surface area contributed by atoms with Gasteiger partial charge in [-0.15, -0.1) is 0 Å². The number of carbonyl (C=O) groups excluding carboxylic acids is 1. The molecule has 0 bridgehead atoms. The van der Waals surface area contributed by atoms with Crippen LogP contribution in [0.5, 0.6) is 0 Å². The lowest BCUT2D eigenvalue weighted by molar-refractivity contribution is -0.179. The molecule has 0 aromatic rings. The summed E-state index contributed by atoms with van der Waals surface area (Å²) in [5.41, 5.74) is 1.01. The van der Waals surface area contributed by atoms with Crippen LogP contribution in [0.2, 0.25) is 0 Å². The van der Waals surface area contributed by atoms with E-state index in [1.54, 1.807) is 0 Å². The normalized spacial score (nSPS) is 53.4. The van der Waals surface area contributed by atoms with E-state index in [-0.39, 0.29) is 22.9 Å². The lowest BCUT2D eigenvalue weighted by Gasteiger charge is -2.58. The van der Waals surface area contributed by atoms with E-state index in [0.29, 0.717) is 31.3 Å². The minimum atomic E-state index is -0.751. The Balaban J connectivity index is 1.69. The van der Waals surface area contributed by atoms with E-state index in [2.05, 4.69) is 13.8 Å². The van der Waals surface area contributed by atoms with Crippen molar-refractivity contribution in [2.45, 2.75) is 64.4 Å². The predicted octanol–water partition coefficient (Wildman–Crippen LogP) is 2.02. The van der Waals surface area contributed by atoms with E-state index < -0.39 is 12.4 Å². The van der Waals surface area contributed by atoms with Gasteiger partial charge >= 0.3 is 0 Å². The lowest BCUT2D eigenvalue weighted by Crippen LogP contribution is -2.56. The number of carbonyl (C=O) groups is 1. The molecule has 0 aromatic carbocycles. The van der Waals surface area contributed by atoms with Crippen molar-refractivity contribution in [3.8, 4) is 0 Å². The highest BCUT2D eigenvalue weighted by Crippen LogP contribution is 2.64. The molecule has 134 valence electrons. The fourth-order valence-electron chi connectivity index (χ4n) is 6.42. The maximum Gasteiger partial charge on any atom is 0.293 e. The number of rotatable bonds is 2. The largest absolute Gasteiger partial charge is 0.464 e. The van der Waals surface area contributed by atoms with E-state index in [1.807, 2.05) is 6.08 Å².